The van der Waals surface area contributed by atoms with Crippen molar-refractivity contribution < 1.29 is 4.39 Å². The standard InChI is InChI=1S/C21H20ClFN2/c1-13-9-14(7-8-25(13)2)18-11-15-10-17(23)4-6-20(15)24-21-5-3-16(22)12-19(18)21/h3-6,9-13,24H,7-8H2,1-2H3/t13-/m0/s1. The molecule has 25 heavy (non-hydrogen) atoms. The Labute approximate surface area is 152 Å². The molecule has 1 atom stereocenters. The molecule has 0 saturated heterocycles. The Morgan fingerprint density at radius 3 is 2.76 bits per heavy atom. The lowest BCUT2D eigenvalue weighted by Crippen LogP contribution is -2.32. The number of likely N-dealkylation sites (N-methyl/N-ethyl adjacent to an activating group) is 1. The van der Waals surface area contributed by atoms with Gasteiger partial charge in [-0.1, -0.05) is 17.7 Å². The van der Waals surface area contributed by atoms with E-state index in [2.05, 4.69) is 36.3 Å². The Bertz CT molecular complexity index is 901. The summed E-state index contributed by atoms with van der Waals surface area (Å²) in [5.41, 5.74) is 6.22. The number of halogens is 2. The third kappa shape index (κ3) is 3.10. The van der Waals surface area contributed by atoms with Crippen molar-refractivity contribution in [3.05, 3.63) is 70.0 Å². The molecule has 1 N–H and O–H groups in total. The highest BCUT2D eigenvalue weighted by Gasteiger charge is 2.22. The lowest BCUT2D eigenvalue weighted by molar-refractivity contribution is 0.288. The van der Waals surface area contributed by atoms with Crippen molar-refractivity contribution >= 4 is 34.6 Å². The van der Waals surface area contributed by atoms with Gasteiger partial charge < -0.3 is 5.32 Å². The molecular weight excluding hydrogens is 335 g/mol. The topological polar surface area (TPSA) is 15.3 Å². The highest BCUT2D eigenvalue weighted by molar-refractivity contribution is 6.31. The monoisotopic (exact) mass is 354 g/mol. The molecule has 2 heterocycles. The Morgan fingerprint density at radius 1 is 1.16 bits per heavy atom. The van der Waals surface area contributed by atoms with E-state index in [0.717, 1.165) is 41.0 Å². The lowest BCUT2D eigenvalue weighted by atomic mass is 9.90. The quantitative estimate of drug-likeness (QED) is 0.703. The van der Waals surface area contributed by atoms with Crippen LogP contribution in [0.3, 0.4) is 0 Å². The molecule has 0 saturated carbocycles. The average Bonchev–Trinajstić information content (AvgIpc) is 2.74. The second-order valence-corrected chi connectivity index (χ2v) is 7.20. The van der Waals surface area contributed by atoms with Crippen LogP contribution in [-0.2, 0) is 0 Å². The first-order chi connectivity index (χ1) is 12.0. The number of nitrogens with one attached hydrogen (secondary N) is 1. The number of allylic oxidation sites excluding steroid dienone is 1. The molecule has 128 valence electrons. The smallest absolute Gasteiger partial charge is 0.123 e. The summed E-state index contributed by atoms with van der Waals surface area (Å²) in [6.07, 6.45) is 5.34. The van der Waals surface area contributed by atoms with E-state index in [0.29, 0.717) is 11.1 Å². The van der Waals surface area contributed by atoms with Crippen molar-refractivity contribution in [3.63, 3.8) is 0 Å². The van der Waals surface area contributed by atoms with Gasteiger partial charge in [-0.05, 0) is 74.0 Å². The summed E-state index contributed by atoms with van der Waals surface area (Å²) < 4.78 is 13.8. The zero-order chi connectivity index (χ0) is 17.6. The van der Waals surface area contributed by atoms with Crippen LogP contribution in [0.15, 0.2) is 48.0 Å². The molecule has 0 unspecified atom stereocenters. The van der Waals surface area contributed by atoms with Gasteiger partial charge >= 0.3 is 0 Å². The zero-order valence-electron chi connectivity index (χ0n) is 14.3. The van der Waals surface area contributed by atoms with Crippen molar-refractivity contribution in [1.29, 1.82) is 0 Å². The first-order valence-corrected chi connectivity index (χ1v) is 8.88. The number of fused-ring (bicyclic) bond motifs is 2. The number of hydrogen-bond acceptors (Lipinski definition) is 2. The van der Waals surface area contributed by atoms with E-state index in [1.165, 1.54) is 11.6 Å². The lowest BCUT2D eigenvalue weighted by Gasteiger charge is -2.29. The molecule has 0 bridgehead atoms. The number of anilines is 2. The van der Waals surface area contributed by atoms with Crippen LogP contribution in [-0.4, -0.2) is 24.5 Å². The Morgan fingerprint density at radius 2 is 1.96 bits per heavy atom. The molecule has 2 aliphatic heterocycles. The Hall–Kier alpha value is -2.10. The van der Waals surface area contributed by atoms with Crippen LogP contribution in [0.5, 0.6) is 0 Å². The molecule has 2 aliphatic rings. The van der Waals surface area contributed by atoms with Gasteiger partial charge in [-0.25, -0.2) is 4.39 Å². The van der Waals surface area contributed by atoms with Crippen molar-refractivity contribution in [2.45, 2.75) is 19.4 Å². The summed E-state index contributed by atoms with van der Waals surface area (Å²) in [6.45, 7) is 3.20. The fourth-order valence-corrected chi connectivity index (χ4v) is 3.66. The maximum atomic E-state index is 13.8. The van der Waals surface area contributed by atoms with Crippen LogP contribution in [0.25, 0.3) is 11.6 Å². The van der Waals surface area contributed by atoms with Gasteiger partial charge in [0.05, 0.1) is 0 Å². The van der Waals surface area contributed by atoms with E-state index in [1.54, 1.807) is 12.1 Å². The number of benzene rings is 2. The van der Waals surface area contributed by atoms with Crippen molar-refractivity contribution in [1.82, 2.24) is 4.90 Å². The molecule has 2 aromatic carbocycles. The molecule has 0 aromatic heterocycles. The van der Waals surface area contributed by atoms with E-state index < -0.39 is 0 Å². The molecule has 4 heteroatoms. The van der Waals surface area contributed by atoms with Crippen LogP contribution in [0.4, 0.5) is 15.8 Å². The van der Waals surface area contributed by atoms with Crippen LogP contribution < -0.4 is 5.32 Å². The van der Waals surface area contributed by atoms with E-state index in [1.807, 2.05) is 18.2 Å². The summed E-state index contributed by atoms with van der Waals surface area (Å²) >= 11 is 6.28. The van der Waals surface area contributed by atoms with Gasteiger partial charge in [-0.3, -0.25) is 4.90 Å². The van der Waals surface area contributed by atoms with Crippen LogP contribution in [0.1, 0.15) is 24.5 Å². The van der Waals surface area contributed by atoms with E-state index >= 15 is 0 Å². The first kappa shape index (κ1) is 16.4. The molecule has 2 aromatic rings. The van der Waals surface area contributed by atoms with Gasteiger partial charge in [-0.2, -0.15) is 0 Å². The summed E-state index contributed by atoms with van der Waals surface area (Å²) in [4.78, 5) is 2.32. The predicted molar refractivity (Wildman–Crippen MR) is 104 cm³/mol. The molecule has 2 nitrogen and oxygen atoms in total. The molecule has 0 radical (unpaired) electrons. The van der Waals surface area contributed by atoms with Gasteiger partial charge in [0.15, 0.2) is 0 Å². The summed E-state index contributed by atoms with van der Waals surface area (Å²) in [6, 6.07) is 11.1. The van der Waals surface area contributed by atoms with Crippen LogP contribution in [0.2, 0.25) is 5.02 Å². The average molecular weight is 355 g/mol. The van der Waals surface area contributed by atoms with Crippen molar-refractivity contribution in [2.24, 2.45) is 0 Å². The third-order valence-corrected chi connectivity index (χ3v) is 5.31. The minimum atomic E-state index is -0.231. The minimum absolute atomic E-state index is 0.231. The van der Waals surface area contributed by atoms with E-state index in [9.17, 15) is 4.39 Å². The summed E-state index contributed by atoms with van der Waals surface area (Å²) in [5, 5.41) is 4.13. The number of hydrogen-bond donors (Lipinski definition) is 1. The summed E-state index contributed by atoms with van der Waals surface area (Å²) in [7, 11) is 2.14. The fraction of sp³-hybridized carbons (Fsp3) is 0.238. The van der Waals surface area contributed by atoms with Gasteiger partial charge in [0.2, 0.25) is 0 Å². The van der Waals surface area contributed by atoms with Gasteiger partial charge in [0, 0.05) is 40.1 Å². The zero-order valence-corrected chi connectivity index (χ0v) is 15.1. The maximum Gasteiger partial charge on any atom is 0.123 e. The highest BCUT2D eigenvalue weighted by Crippen LogP contribution is 2.41. The van der Waals surface area contributed by atoms with Crippen LogP contribution >= 0.6 is 11.6 Å². The van der Waals surface area contributed by atoms with Gasteiger partial charge in [0.25, 0.3) is 0 Å². The SMILES string of the molecule is C[C@H]1C=C(C2=Cc3cc(F)ccc3Nc3ccc(Cl)cc32)CCN1C. The molecule has 0 spiro atoms. The number of nitrogens with zero attached hydrogens (tertiary/aromatic N) is 1. The van der Waals surface area contributed by atoms with Crippen molar-refractivity contribution in [2.75, 3.05) is 18.9 Å². The van der Waals surface area contributed by atoms with E-state index in [4.69, 9.17) is 11.6 Å². The second kappa shape index (κ2) is 6.32. The second-order valence-electron chi connectivity index (χ2n) is 6.77. The molecule has 0 aliphatic carbocycles. The van der Waals surface area contributed by atoms with Crippen molar-refractivity contribution in [3.8, 4) is 0 Å². The Balaban J connectivity index is 1.93. The fourth-order valence-electron chi connectivity index (χ4n) is 3.49. The molecular formula is C21H20ClFN2. The van der Waals surface area contributed by atoms with Gasteiger partial charge in [0.1, 0.15) is 5.82 Å². The number of rotatable bonds is 1. The van der Waals surface area contributed by atoms with Gasteiger partial charge in [-0.15, -0.1) is 0 Å². The normalized spacial score (nSPS) is 19.9. The first-order valence-electron chi connectivity index (χ1n) is 8.51. The highest BCUT2D eigenvalue weighted by atomic mass is 35.5. The minimum Gasteiger partial charge on any atom is -0.355 e. The largest absolute Gasteiger partial charge is 0.355 e. The molecule has 4 rings (SSSR count). The summed E-state index contributed by atoms with van der Waals surface area (Å²) in [5.74, 6) is -0.231. The predicted octanol–water partition coefficient (Wildman–Crippen LogP) is 5.73. The third-order valence-electron chi connectivity index (χ3n) is 5.07. The Kier molecular flexibility index (Phi) is 4.14. The maximum absolute atomic E-state index is 13.8. The van der Waals surface area contributed by atoms with E-state index in [-0.39, 0.29) is 5.82 Å². The molecule has 0 amide bonds. The van der Waals surface area contributed by atoms with Crippen LogP contribution in [0, 0.1) is 5.82 Å². The molecule has 0 fully saturated rings.